The highest BCUT2D eigenvalue weighted by Gasteiger charge is 2.32. The quantitative estimate of drug-likeness (QED) is 0.638. The second-order valence-corrected chi connectivity index (χ2v) is 8.30. The van der Waals surface area contributed by atoms with E-state index in [2.05, 4.69) is 33.7 Å². The summed E-state index contributed by atoms with van der Waals surface area (Å²) in [5.74, 6) is 0.673. The number of benzene rings is 1. The van der Waals surface area contributed by atoms with Gasteiger partial charge in [0, 0.05) is 19.6 Å². The highest BCUT2D eigenvalue weighted by atomic mass is 32.1. The van der Waals surface area contributed by atoms with Crippen LogP contribution in [-0.4, -0.2) is 43.0 Å². The first-order valence-electron chi connectivity index (χ1n) is 9.49. The molecule has 2 heterocycles. The van der Waals surface area contributed by atoms with Gasteiger partial charge in [-0.15, -0.1) is 0 Å². The lowest BCUT2D eigenvalue weighted by atomic mass is 9.95. The molecule has 1 aromatic carbocycles. The van der Waals surface area contributed by atoms with Crippen molar-refractivity contribution in [1.29, 1.82) is 0 Å². The van der Waals surface area contributed by atoms with Gasteiger partial charge in [0.25, 0.3) is 0 Å². The Kier molecular flexibility index (Phi) is 6.95. The number of nitrogens with zero attached hydrogens (tertiary/aromatic N) is 2. The van der Waals surface area contributed by atoms with Gasteiger partial charge in [-0.1, -0.05) is 18.2 Å². The summed E-state index contributed by atoms with van der Waals surface area (Å²) in [7, 11) is 2.16. The molecule has 1 saturated heterocycles. The van der Waals surface area contributed by atoms with Gasteiger partial charge >= 0.3 is 6.18 Å². The molecule has 1 fully saturated rings. The molecule has 1 aliphatic heterocycles. The standard InChI is InChI=1S/C21H27F3N2S/c1-25(15-18-9-13-27-16-18)14-17-6-10-26(11-7-17)12-8-19-4-2-3-5-20(19)21(22,23)24/h2-5,9,13,16-17H,6-8,10-12,14-15H2,1H3. The largest absolute Gasteiger partial charge is 0.416 e. The number of piperidine rings is 1. The summed E-state index contributed by atoms with van der Waals surface area (Å²) in [6.07, 6.45) is -1.57. The second kappa shape index (κ2) is 9.22. The first kappa shape index (κ1) is 20.4. The fraction of sp³-hybridized carbons (Fsp3) is 0.524. The number of thiophene rings is 1. The van der Waals surface area contributed by atoms with Crippen LogP contribution in [-0.2, 0) is 19.1 Å². The second-order valence-electron chi connectivity index (χ2n) is 7.52. The van der Waals surface area contributed by atoms with Gasteiger partial charge in [-0.25, -0.2) is 0 Å². The summed E-state index contributed by atoms with van der Waals surface area (Å²) in [4.78, 5) is 4.69. The first-order valence-corrected chi connectivity index (χ1v) is 10.4. The van der Waals surface area contributed by atoms with Crippen LogP contribution in [0.15, 0.2) is 41.1 Å². The maximum atomic E-state index is 13.1. The summed E-state index contributed by atoms with van der Waals surface area (Å²) in [6, 6.07) is 8.12. The number of alkyl halides is 3. The van der Waals surface area contributed by atoms with Gasteiger partial charge in [-0.3, -0.25) is 0 Å². The molecule has 0 aliphatic carbocycles. The van der Waals surface area contributed by atoms with Crippen molar-refractivity contribution in [3.63, 3.8) is 0 Å². The maximum absolute atomic E-state index is 13.1. The van der Waals surface area contributed by atoms with Crippen molar-refractivity contribution in [2.24, 2.45) is 5.92 Å². The summed E-state index contributed by atoms with van der Waals surface area (Å²) in [5, 5.41) is 4.30. The minimum Gasteiger partial charge on any atom is -0.303 e. The van der Waals surface area contributed by atoms with Crippen LogP contribution in [0.25, 0.3) is 0 Å². The lowest BCUT2D eigenvalue weighted by Gasteiger charge is -2.34. The van der Waals surface area contributed by atoms with Gasteiger partial charge in [0.05, 0.1) is 5.56 Å². The van der Waals surface area contributed by atoms with Gasteiger partial charge in [-0.05, 0) is 79.3 Å². The van der Waals surface area contributed by atoms with Gasteiger partial charge in [0.1, 0.15) is 0 Å². The van der Waals surface area contributed by atoms with Crippen LogP contribution in [0.4, 0.5) is 13.2 Å². The average molecular weight is 397 g/mol. The molecule has 0 atom stereocenters. The smallest absolute Gasteiger partial charge is 0.303 e. The van der Waals surface area contributed by atoms with Crippen molar-refractivity contribution in [3.8, 4) is 0 Å². The highest BCUT2D eigenvalue weighted by molar-refractivity contribution is 7.07. The minimum absolute atomic E-state index is 0.405. The molecule has 0 N–H and O–H groups in total. The molecule has 6 heteroatoms. The normalized spacial score (nSPS) is 16.9. The van der Waals surface area contributed by atoms with Crippen LogP contribution < -0.4 is 0 Å². The van der Waals surface area contributed by atoms with Gasteiger partial charge in [-0.2, -0.15) is 24.5 Å². The van der Waals surface area contributed by atoms with Gasteiger partial charge in [0.2, 0.25) is 0 Å². The van der Waals surface area contributed by atoms with E-state index in [1.807, 2.05) is 0 Å². The third kappa shape index (κ3) is 6.06. The van der Waals surface area contributed by atoms with E-state index in [0.29, 0.717) is 24.4 Å². The van der Waals surface area contributed by atoms with Crippen LogP contribution in [0, 0.1) is 5.92 Å². The first-order chi connectivity index (χ1) is 12.9. The lowest BCUT2D eigenvalue weighted by molar-refractivity contribution is -0.138. The molecule has 0 spiro atoms. The zero-order chi connectivity index (χ0) is 19.3. The number of halogens is 3. The van der Waals surface area contributed by atoms with E-state index in [0.717, 1.165) is 39.0 Å². The van der Waals surface area contributed by atoms with Crippen molar-refractivity contribution in [2.75, 3.05) is 33.2 Å². The SMILES string of the molecule is CN(Cc1ccsc1)CC1CCN(CCc2ccccc2C(F)(F)F)CC1. The van der Waals surface area contributed by atoms with E-state index in [-0.39, 0.29) is 0 Å². The molecule has 1 aromatic heterocycles. The van der Waals surface area contributed by atoms with Crippen molar-refractivity contribution >= 4 is 11.3 Å². The zero-order valence-electron chi connectivity index (χ0n) is 15.7. The predicted octanol–water partition coefficient (Wildman–Crippen LogP) is 5.15. The fourth-order valence-corrected chi connectivity index (χ4v) is 4.55. The Balaban J connectivity index is 1.42. The van der Waals surface area contributed by atoms with Crippen LogP contribution in [0.3, 0.4) is 0 Å². The van der Waals surface area contributed by atoms with Crippen molar-refractivity contribution < 1.29 is 13.2 Å². The van der Waals surface area contributed by atoms with Crippen molar-refractivity contribution in [2.45, 2.75) is 32.0 Å². The molecule has 27 heavy (non-hydrogen) atoms. The lowest BCUT2D eigenvalue weighted by Crippen LogP contribution is -2.38. The Labute approximate surface area is 163 Å². The molecule has 0 saturated carbocycles. The monoisotopic (exact) mass is 396 g/mol. The average Bonchev–Trinajstić information content (AvgIpc) is 3.13. The summed E-state index contributed by atoms with van der Waals surface area (Å²) in [6.45, 7) is 4.72. The number of rotatable bonds is 7. The van der Waals surface area contributed by atoms with Crippen LogP contribution in [0.5, 0.6) is 0 Å². The molecule has 3 rings (SSSR count). The van der Waals surface area contributed by atoms with Gasteiger partial charge < -0.3 is 9.80 Å². The van der Waals surface area contributed by atoms with Crippen LogP contribution in [0.2, 0.25) is 0 Å². The molecular weight excluding hydrogens is 369 g/mol. The van der Waals surface area contributed by atoms with E-state index >= 15 is 0 Å². The predicted molar refractivity (Wildman–Crippen MR) is 105 cm³/mol. The van der Waals surface area contributed by atoms with E-state index < -0.39 is 11.7 Å². The van der Waals surface area contributed by atoms with E-state index in [1.54, 1.807) is 23.5 Å². The highest BCUT2D eigenvalue weighted by Crippen LogP contribution is 2.32. The number of likely N-dealkylation sites (tertiary alicyclic amines) is 1. The Hall–Kier alpha value is -1.37. The third-order valence-corrected chi connectivity index (χ3v) is 6.06. The van der Waals surface area contributed by atoms with E-state index in [9.17, 15) is 13.2 Å². The molecule has 0 unspecified atom stereocenters. The number of hydrogen-bond acceptors (Lipinski definition) is 3. The number of hydrogen-bond donors (Lipinski definition) is 0. The molecule has 0 bridgehead atoms. The minimum atomic E-state index is -4.27. The molecule has 2 aromatic rings. The zero-order valence-corrected chi connectivity index (χ0v) is 16.5. The van der Waals surface area contributed by atoms with Crippen LogP contribution >= 0.6 is 11.3 Å². The molecule has 2 nitrogen and oxygen atoms in total. The Bertz CT molecular complexity index is 692. The molecular formula is C21H27F3N2S. The summed E-state index contributed by atoms with van der Waals surface area (Å²) >= 11 is 1.73. The maximum Gasteiger partial charge on any atom is 0.416 e. The third-order valence-electron chi connectivity index (χ3n) is 5.33. The summed E-state index contributed by atoms with van der Waals surface area (Å²) in [5.41, 5.74) is 1.28. The fourth-order valence-electron chi connectivity index (χ4n) is 3.89. The van der Waals surface area contributed by atoms with Crippen LogP contribution in [0.1, 0.15) is 29.5 Å². The Morgan fingerprint density at radius 1 is 1.15 bits per heavy atom. The van der Waals surface area contributed by atoms with Gasteiger partial charge in [0.15, 0.2) is 0 Å². The molecule has 0 amide bonds. The Morgan fingerprint density at radius 3 is 2.56 bits per heavy atom. The summed E-state index contributed by atoms with van der Waals surface area (Å²) < 4.78 is 39.3. The van der Waals surface area contributed by atoms with Crippen molar-refractivity contribution in [1.82, 2.24) is 9.80 Å². The van der Waals surface area contributed by atoms with Crippen molar-refractivity contribution in [3.05, 3.63) is 57.8 Å². The molecule has 1 aliphatic rings. The Morgan fingerprint density at radius 2 is 1.89 bits per heavy atom. The van der Waals surface area contributed by atoms with E-state index in [4.69, 9.17) is 0 Å². The molecule has 148 valence electrons. The topological polar surface area (TPSA) is 6.48 Å². The molecule has 0 radical (unpaired) electrons. The van der Waals surface area contributed by atoms with E-state index in [1.165, 1.54) is 17.7 Å².